The van der Waals surface area contributed by atoms with Gasteiger partial charge in [-0.05, 0) is 0 Å². The summed E-state index contributed by atoms with van der Waals surface area (Å²) >= 11 is 0. The lowest BCUT2D eigenvalue weighted by atomic mass is 10.3. The summed E-state index contributed by atoms with van der Waals surface area (Å²) in [6, 6.07) is 1.45. The van der Waals surface area contributed by atoms with E-state index in [-0.39, 0.29) is 0 Å². The molecule has 1 aromatic heterocycles. The number of alkyl halides is 3. The topological polar surface area (TPSA) is 92.2 Å². The summed E-state index contributed by atoms with van der Waals surface area (Å²) < 4.78 is 39.0. The molecule has 0 aromatic carbocycles. The van der Waals surface area contributed by atoms with Crippen molar-refractivity contribution in [2.45, 2.75) is 6.36 Å². The van der Waals surface area contributed by atoms with Crippen LogP contribution in [0.5, 0.6) is 11.5 Å². The SMILES string of the molecule is N#Cc1ncc(O)c(OC(F)(F)F)c1N. The van der Waals surface area contributed by atoms with E-state index in [0.29, 0.717) is 6.20 Å². The summed E-state index contributed by atoms with van der Waals surface area (Å²) in [4.78, 5) is 3.30. The minimum Gasteiger partial charge on any atom is -0.503 e. The Morgan fingerprint density at radius 1 is 1.53 bits per heavy atom. The second-order valence-electron chi connectivity index (χ2n) is 2.39. The predicted molar refractivity (Wildman–Crippen MR) is 41.7 cm³/mol. The molecule has 0 amide bonds. The smallest absolute Gasteiger partial charge is 0.503 e. The first-order valence-electron chi connectivity index (χ1n) is 3.48. The van der Waals surface area contributed by atoms with E-state index in [4.69, 9.17) is 16.1 Å². The number of pyridine rings is 1. The average molecular weight is 219 g/mol. The molecule has 1 rings (SSSR count). The molecule has 0 bridgehead atoms. The Kier molecular flexibility index (Phi) is 2.57. The van der Waals surface area contributed by atoms with E-state index in [2.05, 4.69) is 9.72 Å². The van der Waals surface area contributed by atoms with Crippen molar-refractivity contribution in [2.24, 2.45) is 0 Å². The number of rotatable bonds is 1. The normalized spacial score (nSPS) is 10.8. The molecule has 0 spiro atoms. The van der Waals surface area contributed by atoms with Crippen LogP contribution in [0.25, 0.3) is 0 Å². The van der Waals surface area contributed by atoms with Gasteiger partial charge in [0.15, 0.2) is 17.2 Å². The van der Waals surface area contributed by atoms with Gasteiger partial charge in [0.25, 0.3) is 0 Å². The molecule has 0 saturated heterocycles. The molecule has 0 atom stereocenters. The molecular formula is C7H4F3N3O2. The Labute approximate surface area is 81.5 Å². The molecule has 5 nitrogen and oxygen atoms in total. The quantitative estimate of drug-likeness (QED) is 0.738. The molecule has 0 aliphatic rings. The first-order chi connectivity index (χ1) is 6.85. The zero-order chi connectivity index (χ0) is 11.6. The molecule has 0 aliphatic carbocycles. The van der Waals surface area contributed by atoms with Gasteiger partial charge in [-0.1, -0.05) is 0 Å². The van der Waals surface area contributed by atoms with Crippen LogP contribution in [-0.4, -0.2) is 16.5 Å². The molecule has 15 heavy (non-hydrogen) atoms. The van der Waals surface area contributed by atoms with E-state index >= 15 is 0 Å². The maximum Gasteiger partial charge on any atom is 0.573 e. The Morgan fingerprint density at radius 2 is 2.13 bits per heavy atom. The summed E-state index contributed by atoms with van der Waals surface area (Å²) in [5, 5.41) is 17.4. The molecule has 3 N–H and O–H groups in total. The Hall–Kier alpha value is -2.17. The fraction of sp³-hybridized carbons (Fsp3) is 0.143. The number of nitrogens with zero attached hydrogens (tertiary/aromatic N) is 2. The second-order valence-corrected chi connectivity index (χ2v) is 2.39. The zero-order valence-corrected chi connectivity index (χ0v) is 7.04. The zero-order valence-electron chi connectivity index (χ0n) is 7.04. The fourth-order valence-electron chi connectivity index (χ4n) is 0.811. The summed E-state index contributed by atoms with van der Waals surface area (Å²) in [5.74, 6) is -1.90. The highest BCUT2D eigenvalue weighted by Crippen LogP contribution is 2.37. The maximum atomic E-state index is 11.8. The summed E-state index contributed by atoms with van der Waals surface area (Å²) in [5.41, 5.74) is 4.02. The Bertz CT molecular complexity index is 425. The number of aromatic nitrogens is 1. The second kappa shape index (κ2) is 3.53. The highest BCUT2D eigenvalue weighted by Gasteiger charge is 2.34. The van der Waals surface area contributed by atoms with Crippen molar-refractivity contribution in [1.82, 2.24) is 4.98 Å². The van der Waals surface area contributed by atoms with E-state index < -0.39 is 29.2 Å². The van der Waals surface area contributed by atoms with Crippen molar-refractivity contribution in [3.63, 3.8) is 0 Å². The lowest BCUT2D eigenvalue weighted by Crippen LogP contribution is -2.18. The van der Waals surface area contributed by atoms with Crippen LogP contribution in [0.3, 0.4) is 0 Å². The molecule has 0 fully saturated rings. The first kappa shape index (κ1) is 10.9. The highest BCUT2D eigenvalue weighted by molar-refractivity contribution is 5.65. The van der Waals surface area contributed by atoms with Crippen molar-refractivity contribution < 1.29 is 23.0 Å². The van der Waals surface area contributed by atoms with E-state index in [0.717, 1.165) is 0 Å². The van der Waals surface area contributed by atoms with Crippen molar-refractivity contribution >= 4 is 5.69 Å². The van der Waals surface area contributed by atoms with Crippen LogP contribution in [0.15, 0.2) is 6.20 Å². The molecule has 0 unspecified atom stereocenters. The number of nitrogens with two attached hydrogens (primary N) is 1. The number of hydrogen-bond acceptors (Lipinski definition) is 5. The molecular weight excluding hydrogens is 215 g/mol. The van der Waals surface area contributed by atoms with Gasteiger partial charge in [0.05, 0.1) is 6.20 Å². The van der Waals surface area contributed by atoms with Gasteiger partial charge < -0.3 is 15.6 Å². The van der Waals surface area contributed by atoms with Crippen LogP contribution in [0.2, 0.25) is 0 Å². The van der Waals surface area contributed by atoms with Crippen molar-refractivity contribution in [3.05, 3.63) is 11.9 Å². The average Bonchev–Trinajstić information content (AvgIpc) is 2.11. The van der Waals surface area contributed by atoms with Crippen LogP contribution >= 0.6 is 0 Å². The van der Waals surface area contributed by atoms with Crippen molar-refractivity contribution in [1.29, 1.82) is 5.26 Å². The fourth-order valence-corrected chi connectivity index (χ4v) is 0.811. The number of nitriles is 1. The molecule has 8 heteroatoms. The number of halogens is 3. The van der Waals surface area contributed by atoms with Gasteiger partial charge in [-0.2, -0.15) is 5.26 Å². The summed E-state index contributed by atoms with van der Waals surface area (Å²) in [6.07, 6.45) is -4.35. The number of ether oxygens (including phenoxy) is 1. The van der Waals surface area contributed by atoms with Crippen LogP contribution in [0, 0.1) is 11.3 Å². The number of hydrogen-bond donors (Lipinski definition) is 2. The van der Waals surface area contributed by atoms with Crippen LogP contribution < -0.4 is 10.5 Å². The predicted octanol–water partition coefficient (Wildman–Crippen LogP) is 1.14. The number of anilines is 1. The van der Waals surface area contributed by atoms with Crippen LogP contribution in [-0.2, 0) is 0 Å². The minimum absolute atomic E-state index is 0.452. The molecule has 0 saturated carbocycles. The lowest BCUT2D eigenvalue weighted by molar-refractivity contribution is -0.274. The highest BCUT2D eigenvalue weighted by atomic mass is 19.4. The van der Waals surface area contributed by atoms with E-state index in [9.17, 15) is 13.2 Å². The molecule has 0 aliphatic heterocycles. The minimum atomic E-state index is -5.00. The standard InChI is InChI=1S/C7H4F3N3O2/c8-7(9,10)15-6-4(14)2-13-3(1-11)5(6)12/h2,14H,12H2. The van der Waals surface area contributed by atoms with Gasteiger partial charge in [0, 0.05) is 0 Å². The van der Waals surface area contributed by atoms with E-state index in [1.54, 1.807) is 0 Å². The monoisotopic (exact) mass is 219 g/mol. The van der Waals surface area contributed by atoms with E-state index in [1.807, 2.05) is 0 Å². The third-order valence-electron chi connectivity index (χ3n) is 1.37. The molecule has 0 radical (unpaired) electrons. The van der Waals surface area contributed by atoms with Gasteiger partial charge in [0.1, 0.15) is 11.8 Å². The van der Waals surface area contributed by atoms with Gasteiger partial charge in [-0.15, -0.1) is 13.2 Å². The first-order valence-corrected chi connectivity index (χ1v) is 3.48. The van der Waals surface area contributed by atoms with Crippen molar-refractivity contribution in [2.75, 3.05) is 5.73 Å². The van der Waals surface area contributed by atoms with Gasteiger partial charge >= 0.3 is 6.36 Å². The number of aromatic hydroxyl groups is 1. The largest absolute Gasteiger partial charge is 0.573 e. The maximum absolute atomic E-state index is 11.8. The van der Waals surface area contributed by atoms with Gasteiger partial charge in [0.2, 0.25) is 0 Å². The molecule has 1 heterocycles. The van der Waals surface area contributed by atoms with Crippen molar-refractivity contribution in [3.8, 4) is 17.6 Å². The number of nitrogen functional groups attached to an aromatic ring is 1. The van der Waals surface area contributed by atoms with Crippen LogP contribution in [0.1, 0.15) is 5.69 Å². The third-order valence-corrected chi connectivity index (χ3v) is 1.37. The van der Waals surface area contributed by atoms with Crippen LogP contribution in [0.4, 0.5) is 18.9 Å². The third kappa shape index (κ3) is 2.40. The Balaban J connectivity index is 3.23. The van der Waals surface area contributed by atoms with E-state index in [1.165, 1.54) is 6.07 Å². The Morgan fingerprint density at radius 3 is 2.60 bits per heavy atom. The van der Waals surface area contributed by atoms with Gasteiger partial charge in [-0.25, -0.2) is 4.98 Å². The lowest BCUT2D eigenvalue weighted by Gasteiger charge is -2.12. The summed E-state index contributed by atoms with van der Waals surface area (Å²) in [6.45, 7) is 0. The van der Waals surface area contributed by atoms with Gasteiger partial charge in [-0.3, -0.25) is 0 Å². The molecule has 80 valence electrons. The molecule has 1 aromatic rings. The summed E-state index contributed by atoms with van der Waals surface area (Å²) in [7, 11) is 0.